The van der Waals surface area contributed by atoms with Gasteiger partial charge < -0.3 is 9.47 Å². The van der Waals surface area contributed by atoms with Gasteiger partial charge in [-0.3, -0.25) is 4.79 Å². The van der Waals surface area contributed by atoms with Crippen LogP contribution in [0, 0.1) is 28.6 Å². The number of piperidine rings is 1. The summed E-state index contributed by atoms with van der Waals surface area (Å²) in [5, 5.41) is 0. The summed E-state index contributed by atoms with van der Waals surface area (Å²) in [4.78, 5) is 18.5. The van der Waals surface area contributed by atoms with Gasteiger partial charge in [0.05, 0.1) is 6.33 Å². The van der Waals surface area contributed by atoms with E-state index in [-0.39, 0.29) is 16.7 Å². The molecule has 0 radical (unpaired) electrons. The molecule has 4 aliphatic rings. The molecular formula is C22H29N3O. The van der Waals surface area contributed by atoms with E-state index in [9.17, 15) is 4.79 Å². The Hall–Kier alpha value is -1.84. The summed E-state index contributed by atoms with van der Waals surface area (Å²) in [6, 6.07) is 0. The van der Waals surface area contributed by atoms with Gasteiger partial charge in [-0.15, -0.1) is 0 Å². The molecule has 26 heavy (non-hydrogen) atoms. The molecule has 5 rings (SSSR count). The number of fused-ring (bicyclic) bond motifs is 5. The predicted octanol–water partition coefficient (Wildman–Crippen LogP) is 4.32. The van der Waals surface area contributed by atoms with Crippen molar-refractivity contribution in [1.82, 2.24) is 14.5 Å². The minimum Gasteiger partial charge on any atom is -0.319 e. The topological polar surface area (TPSA) is 38.1 Å². The molecular weight excluding hydrogens is 322 g/mol. The number of nitrogens with zero attached hydrogens (tertiary/aromatic N) is 3. The smallest absolute Gasteiger partial charge is 0.226 e. The molecule has 1 saturated carbocycles. The van der Waals surface area contributed by atoms with Gasteiger partial charge in [0.15, 0.2) is 0 Å². The van der Waals surface area contributed by atoms with Crippen molar-refractivity contribution in [2.24, 2.45) is 28.6 Å². The molecule has 3 aliphatic carbocycles. The molecule has 4 nitrogen and oxygen atoms in total. The van der Waals surface area contributed by atoms with Crippen molar-refractivity contribution in [1.29, 1.82) is 0 Å². The molecule has 1 saturated heterocycles. The van der Waals surface area contributed by atoms with Gasteiger partial charge in [0, 0.05) is 48.1 Å². The average molecular weight is 351 g/mol. The number of rotatable bonds is 1. The second-order valence-electron chi connectivity index (χ2n) is 9.32. The van der Waals surface area contributed by atoms with Crippen LogP contribution in [0.25, 0.3) is 5.70 Å². The Labute approximate surface area is 156 Å². The van der Waals surface area contributed by atoms with Gasteiger partial charge in [-0.25, -0.2) is 4.98 Å². The summed E-state index contributed by atoms with van der Waals surface area (Å²) in [7, 11) is 1.98. The zero-order valence-electron chi connectivity index (χ0n) is 16.1. The van der Waals surface area contributed by atoms with Crippen LogP contribution in [0.2, 0.25) is 0 Å². The number of hydrogen-bond acceptors (Lipinski definition) is 2. The normalized spacial score (nSPS) is 41.9. The van der Waals surface area contributed by atoms with Gasteiger partial charge in [-0.2, -0.15) is 0 Å². The lowest BCUT2D eigenvalue weighted by molar-refractivity contribution is -0.135. The fourth-order valence-corrected chi connectivity index (χ4v) is 6.93. The Morgan fingerprint density at radius 3 is 2.62 bits per heavy atom. The van der Waals surface area contributed by atoms with E-state index in [1.165, 1.54) is 30.7 Å². The van der Waals surface area contributed by atoms with Gasteiger partial charge in [0.25, 0.3) is 0 Å². The van der Waals surface area contributed by atoms with Crippen LogP contribution in [0.3, 0.4) is 0 Å². The van der Waals surface area contributed by atoms with Crippen molar-refractivity contribution in [3.8, 4) is 0 Å². The molecule has 0 N–H and O–H groups in total. The molecule has 4 heteroatoms. The first kappa shape index (κ1) is 16.3. The minimum atomic E-state index is 0.171. The number of allylic oxidation sites excluding steroid dienone is 4. The molecule has 0 spiro atoms. The summed E-state index contributed by atoms with van der Waals surface area (Å²) in [6.45, 7) is 4.91. The molecule has 1 aromatic rings. The zero-order valence-corrected chi connectivity index (χ0v) is 16.1. The van der Waals surface area contributed by atoms with E-state index >= 15 is 0 Å². The van der Waals surface area contributed by atoms with E-state index in [0.717, 1.165) is 18.8 Å². The van der Waals surface area contributed by atoms with E-state index in [4.69, 9.17) is 0 Å². The third-order valence-electron chi connectivity index (χ3n) is 8.34. The molecule has 2 fully saturated rings. The van der Waals surface area contributed by atoms with Crippen molar-refractivity contribution in [2.45, 2.75) is 52.4 Å². The van der Waals surface area contributed by atoms with E-state index in [0.29, 0.717) is 18.3 Å². The molecule has 1 aliphatic heterocycles. The zero-order chi connectivity index (χ0) is 18.1. The molecule has 5 atom stereocenters. The van der Waals surface area contributed by atoms with Crippen LogP contribution < -0.4 is 0 Å². The highest BCUT2D eigenvalue weighted by Crippen LogP contribution is 2.65. The van der Waals surface area contributed by atoms with Gasteiger partial charge in [-0.1, -0.05) is 26.0 Å². The SMILES string of the molecule is CN1C(=O)CCC2(C)C1=CCC1C2CCC2(C)C(n3ccnc3)=CCC12. The minimum absolute atomic E-state index is 0.171. The van der Waals surface area contributed by atoms with E-state index in [2.05, 4.69) is 41.7 Å². The van der Waals surface area contributed by atoms with Crippen molar-refractivity contribution in [3.05, 3.63) is 36.6 Å². The van der Waals surface area contributed by atoms with E-state index in [1.807, 2.05) is 24.5 Å². The van der Waals surface area contributed by atoms with Crippen LogP contribution in [0.4, 0.5) is 0 Å². The fourth-order valence-electron chi connectivity index (χ4n) is 6.93. The van der Waals surface area contributed by atoms with Crippen LogP contribution in [-0.4, -0.2) is 27.4 Å². The maximum absolute atomic E-state index is 12.2. The van der Waals surface area contributed by atoms with Crippen molar-refractivity contribution in [2.75, 3.05) is 7.05 Å². The highest BCUT2D eigenvalue weighted by molar-refractivity contribution is 5.79. The largest absolute Gasteiger partial charge is 0.319 e. The first-order chi connectivity index (χ1) is 12.4. The second kappa shape index (κ2) is 5.34. The van der Waals surface area contributed by atoms with Crippen LogP contribution in [0.15, 0.2) is 36.6 Å². The number of aromatic nitrogens is 2. The Bertz CT molecular complexity index is 807. The first-order valence-corrected chi connectivity index (χ1v) is 10.1. The van der Waals surface area contributed by atoms with Gasteiger partial charge in [0.1, 0.15) is 0 Å². The second-order valence-corrected chi connectivity index (χ2v) is 9.32. The maximum Gasteiger partial charge on any atom is 0.226 e. The molecule has 1 amide bonds. The lowest BCUT2D eigenvalue weighted by atomic mass is 9.49. The van der Waals surface area contributed by atoms with E-state index < -0.39 is 0 Å². The molecule has 2 heterocycles. The number of likely N-dealkylation sites (tertiary alicyclic amines) is 1. The van der Waals surface area contributed by atoms with Crippen LogP contribution in [0.5, 0.6) is 0 Å². The molecule has 0 aromatic carbocycles. The quantitative estimate of drug-likeness (QED) is 0.755. The maximum atomic E-state index is 12.2. The fraction of sp³-hybridized carbons (Fsp3) is 0.636. The average Bonchev–Trinajstić information content (AvgIpc) is 3.25. The predicted molar refractivity (Wildman–Crippen MR) is 102 cm³/mol. The molecule has 1 aromatic heterocycles. The van der Waals surface area contributed by atoms with Crippen molar-refractivity contribution >= 4 is 11.6 Å². The monoisotopic (exact) mass is 351 g/mol. The van der Waals surface area contributed by atoms with Crippen molar-refractivity contribution in [3.63, 3.8) is 0 Å². The Kier molecular flexibility index (Phi) is 3.35. The highest BCUT2D eigenvalue weighted by atomic mass is 16.2. The number of imidazole rings is 1. The van der Waals surface area contributed by atoms with Gasteiger partial charge >= 0.3 is 0 Å². The summed E-state index contributed by atoms with van der Waals surface area (Å²) in [5.41, 5.74) is 3.18. The van der Waals surface area contributed by atoms with E-state index in [1.54, 1.807) is 0 Å². The summed E-state index contributed by atoms with van der Waals surface area (Å²) < 4.78 is 2.24. The van der Waals surface area contributed by atoms with Crippen molar-refractivity contribution < 1.29 is 4.79 Å². The van der Waals surface area contributed by atoms with Gasteiger partial charge in [0.2, 0.25) is 5.91 Å². The Morgan fingerprint density at radius 1 is 1.08 bits per heavy atom. The highest BCUT2D eigenvalue weighted by Gasteiger charge is 2.57. The van der Waals surface area contributed by atoms with Gasteiger partial charge in [-0.05, 0) is 49.9 Å². The lowest BCUT2D eigenvalue weighted by Crippen LogP contribution is -2.53. The van der Waals surface area contributed by atoms with Crippen LogP contribution in [0.1, 0.15) is 52.4 Å². The third-order valence-corrected chi connectivity index (χ3v) is 8.34. The molecule has 5 unspecified atom stereocenters. The summed E-state index contributed by atoms with van der Waals surface area (Å²) in [5.74, 6) is 2.42. The Balaban J connectivity index is 1.50. The molecule has 0 bridgehead atoms. The summed E-state index contributed by atoms with van der Waals surface area (Å²) >= 11 is 0. The first-order valence-electron chi connectivity index (χ1n) is 10.1. The standard InChI is InChI=1S/C22H29N3O/c1-21-11-9-20(26)24(3)18(21)6-4-15-16-5-7-19(25-13-12-23-14-25)22(16,2)10-8-17(15)21/h6-7,12-17H,4-5,8-11H2,1-3H3. The lowest BCUT2D eigenvalue weighted by Gasteiger charge is -2.58. The number of hydrogen-bond donors (Lipinski definition) is 0. The van der Waals surface area contributed by atoms with Crippen LogP contribution >= 0.6 is 0 Å². The Morgan fingerprint density at radius 2 is 1.85 bits per heavy atom. The molecule has 138 valence electrons. The number of carbonyl (C=O) groups is 1. The number of carbonyl (C=O) groups excluding carboxylic acids is 1. The number of amides is 1. The van der Waals surface area contributed by atoms with Crippen LogP contribution in [-0.2, 0) is 4.79 Å². The summed E-state index contributed by atoms with van der Waals surface area (Å²) in [6.07, 6.45) is 17.3. The third kappa shape index (κ3) is 1.96.